The molecule has 0 aliphatic rings. The lowest BCUT2D eigenvalue weighted by molar-refractivity contribution is -0.317. The smallest absolute Gasteiger partial charge is 0.309 e. The van der Waals surface area contributed by atoms with E-state index in [1.54, 1.807) is 65.7 Å². The summed E-state index contributed by atoms with van der Waals surface area (Å²) in [5, 5.41) is 33.4. The van der Waals surface area contributed by atoms with E-state index in [0.717, 1.165) is 103 Å². The zero-order chi connectivity index (χ0) is 56.7. The number of aliphatic carboxylic acids is 2. The molecule has 0 radical (unpaired) electrons. The average Bonchev–Trinajstić information content (AvgIpc) is 3.32. The van der Waals surface area contributed by atoms with Gasteiger partial charge in [0.1, 0.15) is 0 Å². The highest BCUT2D eigenvalue weighted by atomic mass is 16.4. The van der Waals surface area contributed by atoms with E-state index in [2.05, 4.69) is 170 Å². The Morgan fingerprint density at radius 1 is 0.446 bits per heavy atom. The fraction of sp³-hybridized carbons (Fsp3) is 0.500. The van der Waals surface area contributed by atoms with Crippen molar-refractivity contribution in [1.29, 1.82) is 10.8 Å². The number of aliphatic imine (C=N–C) groups is 2. The lowest BCUT2D eigenvalue weighted by Gasteiger charge is -2.25. The Morgan fingerprint density at radius 3 is 0.838 bits per heavy atom. The molecule has 0 fully saturated rings. The number of nitrogens with zero attached hydrogens (tertiary/aromatic N) is 4. The van der Waals surface area contributed by atoms with Crippen LogP contribution in [0.2, 0.25) is 0 Å². The van der Waals surface area contributed by atoms with E-state index in [4.69, 9.17) is 38.9 Å². The third-order valence-corrected chi connectivity index (χ3v) is 10.1. The van der Waals surface area contributed by atoms with Crippen molar-refractivity contribution >= 4 is 35.8 Å². The number of carbonyl (C=O) groups is 2. The lowest BCUT2D eigenvalue weighted by Crippen LogP contribution is -2.37. The fourth-order valence-corrected chi connectivity index (χ4v) is 5.26. The van der Waals surface area contributed by atoms with E-state index < -0.39 is 22.8 Å². The van der Waals surface area contributed by atoms with Crippen molar-refractivity contribution in [3.8, 4) is 0 Å². The Bertz CT molecular complexity index is 1770. The van der Waals surface area contributed by atoms with Crippen molar-refractivity contribution in [1.82, 2.24) is 9.80 Å². The number of nitrogens with one attached hydrogen (secondary N) is 2. The van der Waals surface area contributed by atoms with Crippen molar-refractivity contribution in [3.05, 3.63) is 146 Å². The standard InChI is InChI=1S/2C26H40O2.2C4H11N5/c2*1-4-5-6-7-8-9-10-11-12-13-14-15-16-17-18-19-20-21-22-23-24-26(2,3)25(27)28;2*1-9(2)4(7)8-3(5)6/h2*5-6,8-9,11-12,14-15,17-18,20-21H,4,7,10,13,16,19,22-24H2,1-3H3,(H,27,28);2*1-2H3,(H5,5,6,7,8)/p-1/b2*6-5-,9-8-,12-11-,15-14-,18-17-,21-20-;;. The molecule has 0 amide bonds. The van der Waals surface area contributed by atoms with Gasteiger partial charge in [0.2, 0.25) is 11.9 Å². The summed E-state index contributed by atoms with van der Waals surface area (Å²) >= 11 is 0. The van der Waals surface area contributed by atoms with Gasteiger partial charge in [-0.3, -0.25) is 15.6 Å². The Balaban J connectivity index is -0.000000497. The molecule has 0 aromatic carbocycles. The maximum atomic E-state index is 11.0. The van der Waals surface area contributed by atoms with Crippen LogP contribution >= 0.6 is 0 Å². The van der Waals surface area contributed by atoms with Gasteiger partial charge in [-0.05, 0) is 129 Å². The molecule has 0 rings (SSSR count). The van der Waals surface area contributed by atoms with Crippen LogP contribution in [0.25, 0.3) is 0 Å². The molecule has 0 saturated heterocycles. The molecule has 0 atom stereocenters. The van der Waals surface area contributed by atoms with Crippen LogP contribution in [0, 0.1) is 21.6 Å². The third kappa shape index (κ3) is 59.6. The van der Waals surface area contributed by atoms with Crippen LogP contribution in [0.3, 0.4) is 0 Å². The van der Waals surface area contributed by atoms with Gasteiger partial charge < -0.3 is 47.7 Å². The van der Waals surface area contributed by atoms with Crippen LogP contribution in [0.1, 0.15) is 157 Å². The largest absolute Gasteiger partial charge is 0.550 e. The minimum atomic E-state index is -0.963. The van der Waals surface area contributed by atoms with E-state index in [0.29, 0.717) is 12.8 Å². The Morgan fingerprint density at radius 2 is 0.662 bits per heavy atom. The molecule has 0 heterocycles. The lowest BCUT2D eigenvalue weighted by atomic mass is 9.87. The van der Waals surface area contributed by atoms with Gasteiger partial charge >= 0.3 is 5.97 Å². The summed E-state index contributed by atoms with van der Waals surface area (Å²) in [5.41, 5.74) is 19.0. The number of carbonyl (C=O) groups excluding carboxylic acids is 1. The number of unbranched alkanes of at least 4 members (excludes halogenated alkanes) is 2. The van der Waals surface area contributed by atoms with Crippen LogP contribution in [0.4, 0.5) is 0 Å². The number of carboxylic acid groups (broad SMARTS) is 2. The SMILES string of the molecule is CC/C=C\C/C=C\C/C=C\C/C=C\C/C=C\C/C=C\CCCC(C)(C)C(=O)O.CC/C=C\C/C=C\C/C=C\C/C=C\C/C=C\C/C=C\CCCC(C)(C)C(=O)[O-].CN(C)C(N)=NC(=N)N.CN(C)C(N)=NC(=N)N. The molecule has 0 saturated carbocycles. The number of allylic oxidation sites excluding steroid dienone is 24. The molecule has 0 unspecified atom stereocenters. The van der Waals surface area contributed by atoms with Crippen molar-refractivity contribution in [3.63, 3.8) is 0 Å². The predicted molar refractivity (Wildman–Crippen MR) is 319 cm³/mol. The Hall–Kier alpha value is -6.70. The van der Waals surface area contributed by atoms with Gasteiger partial charge in [-0.2, -0.15) is 9.98 Å². The maximum Gasteiger partial charge on any atom is 0.309 e. The first-order valence-electron chi connectivity index (χ1n) is 26.0. The van der Waals surface area contributed by atoms with Gasteiger partial charge in [0, 0.05) is 39.6 Å². The summed E-state index contributed by atoms with van der Waals surface area (Å²) in [6.07, 6.45) is 69.6. The first kappa shape index (κ1) is 73.8. The van der Waals surface area contributed by atoms with Gasteiger partial charge in [-0.15, -0.1) is 0 Å². The summed E-state index contributed by atoms with van der Waals surface area (Å²) in [4.78, 5) is 32.0. The zero-order valence-electron chi connectivity index (χ0n) is 47.4. The second kappa shape index (κ2) is 52.6. The van der Waals surface area contributed by atoms with Crippen LogP contribution in [-0.2, 0) is 9.59 Å². The molecule has 0 aromatic rings. The van der Waals surface area contributed by atoms with Crippen molar-refractivity contribution < 1.29 is 19.8 Å². The number of hydrogen-bond donors (Lipinski definition) is 7. The minimum Gasteiger partial charge on any atom is -0.550 e. The maximum absolute atomic E-state index is 11.0. The van der Waals surface area contributed by atoms with E-state index in [9.17, 15) is 14.7 Å². The molecule has 0 bridgehead atoms. The normalized spacial score (nSPS) is 12.9. The third-order valence-electron chi connectivity index (χ3n) is 10.1. The molecule has 74 heavy (non-hydrogen) atoms. The molecule has 0 aliphatic carbocycles. The highest BCUT2D eigenvalue weighted by Crippen LogP contribution is 2.24. The van der Waals surface area contributed by atoms with Crippen molar-refractivity contribution in [2.75, 3.05) is 28.2 Å². The molecule has 0 spiro atoms. The topological polar surface area (TPSA) is 260 Å². The molecule has 0 aromatic heterocycles. The van der Waals surface area contributed by atoms with Crippen LogP contribution in [0.5, 0.6) is 0 Å². The number of nitrogens with two attached hydrogens (primary N) is 4. The number of guanidine groups is 4. The Kier molecular flexibility index (Phi) is 52.5. The summed E-state index contributed by atoms with van der Waals surface area (Å²) in [7, 11) is 6.90. The zero-order valence-corrected chi connectivity index (χ0v) is 47.4. The first-order chi connectivity index (χ1) is 35.1. The van der Waals surface area contributed by atoms with E-state index in [-0.39, 0.29) is 23.8 Å². The van der Waals surface area contributed by atoms with Gasteiger partial charge in [0.25, 0.3) is 0 Å². The molecular formula is C60H101N10O4-. The molecular weight excluding hydrogens is 925 g/mol. The second-order valence-corrected chi connectivity index (χ2v) is 18.5. The molecule has 14 heteroatoms. The van der Waals surface area contributed by atoms with Crippen molar-refractivity contribution in [2.24, 2.45) is 43.7 Å². The minimum absolute atomic E-state index is 0.238. The molecule has 416 valence electrons. The van der Waals surface area contributed by atoms with Gasteiger partial charge in [0.15, 0.2) is 11.9 Å². The molecule has 14 nitrogen and oxygen atoms in total. The quantitative estimate of drug-likeness (QED) is 0.0145. The average molecular weight is 1030 g/mol. The van der Waals surface area contributed by atoms with Gasteiger partial charge in [-0.1, -0.05) is 174 Å². The van der Waals surface area contributed by atoms with E-state index in [1.807, 2.05) is 0 Å². The number of rotatable bonds is 32. The van der Waals surface area contributed by atoms with E-state index >= 15 is 0 Å². The summed E-state index contributed by atoms with van der Waals surface area (Å²) in [5.74, 6) is -1.75. The summed E-state index contributed by atoms with van der Waals surface area (Å²) in [6, 6.07) is 0. The van der Waals surface area contributed by atoms with Gasteiger partial charge in [-0.25, -0.2) is 0 Å². The first-order valence-corrected chi connectivity index (χ1v) is 26.0. The molecule has 11 N–H and O–H groups in total. The van der Waals surface area contributed by atoms with Crippen molar-refractivity contribution in [2.45, 2.75) is 157 Å². The van der Waals surface area contributed by atoms with E-state index in [1.165, 1.54) is 0 Å². The molecule has 0 aliphatic heterocycles. The van der Waals surface area contributed by atoms with Crippen LogP contribution in [0.15, 0.2) is 156 Å². The predicted octanol–water partition coefficient (Wildman–Crippen LogP) is 12.1. The highest BCUT2D eigenvalue weighted by molar-refractivity contribution is 5.92. The van der Waals surface area contributed by atoms with Crippen LogP contribution < -0.4 is 28.0 Å². The second-order valence-electron chi connectivity index (χ2n) is 18.5. The monoisotopic (exact) mass is 1030 g/mol. The number of hydrogen-bond acceptors (Lipinski definition) is 5. The summed E-state index contributed by atoms with van der Waals surface area (Å²) in [6.45, 7) is 11.3. The summed E-state index contributed by atoms with van der Waals surface area (Å²) < 4.78 is 0. The van der Waals surface area contributed by atoms with Crippen LogP contribution in [-0.4, -0.2) is 78.9 Å². The van der Waals surface area contributed by atoms with Gasteiger partial charge in [0.05, 0.1) is 5.41 Å². The Labute approximate surface area is 449 Å². The number of carboxylic acids is 2. The highest BCUT2D eigenvalue weighted by Gasteiger charge is 2.25. The fourth-order valence-electron chi connectivity index (χ4n) is 5.26.